The molecule has 0 unspecified atom stereocenters. The highest BCUT2D eigenvalue weighted by atomic mass is 15.0. The van der Waals surface area contributed by atoms with E-state index >= 15 is 0 Å². The Morgan fingerprint density at radius 1 is 0.377 bits per heavy atom. The first-order chi connectivity index (χ1) is 26.1. The molecule has 0 bridgehead atoms. The average Bonchev–Trinajstić information content (AvgIpc) is 3.82. The van der Waals surface area contributed by atoms with E-state index in [4.69, 9.17) is 0 Å². The van der Waals surface area contributed by atoms with Crippen LogP contribution in [0.2, 0.25) is 0 Å². The fourth-order valence-electron chi connectivity index (χ4n) is 9.39. The minimum absolute atomic E-state index is 0.0936. The maximum Gasteiger partial charge on any atom is 0.0641 e. The van der Waals surface area contributed by atoms with Gasteiger partial charge in [-0.25, -0.2) is 0 Å². The first kappa shape index (κ1) is 30.0. The van der Waals surface area contributed by atoms with Gasteiger partial charge in [-0.05, 0) is 87.0 Å². The molecule has 1 aliphatic rings. The maximum absolute atomic E-state index is 2.47. The summed E-state index contributed by atoms with van der Waals surface area (Å²) in [5.41, 5.74) is 17.6. The second kappa shape index (κ2) is 11.2. The van der Waals surface area contributed by atoms with Crippen molar-refractivity contribution in [2.75, 3.05) is 0 Å². The Balaban J connectivity index is 1.15. The topological polar surface area (TPSA) is 9.86 Å². The molecule has 11 rings (SSSR count). The second-order valence-corrected chi connectivity index (χ2v) is 14.9. The van der Waals surface area contributed by atoms with Crippen LogP contribution in [0.3, 0.4) is 0 Å². The molecule has 1 aliphatic carbocycles. The van der Waals surface area contributed by atoms with Crippen molar-refractivity contribution in [1.82, 2.24) is 9.13 Å². The number of benzene rings is 8. The van der Waals surface area contributed by atoms with E-state index in [1.165, 1.54) is 88.1 Å². The minimum Gasteiger partial charge on any atom is -0.309 e. The van der Waals surface area contributed by atoms with Crippen LogP contribution in [0.25, 0.3) is 88.4 Å². The number of hydrogen-bond donors (Lipinski definition) is 0. The van der Waals surface area contributed by atoms with Gasteiger partial charge >= 0.3 is 0 Å². The molecule has 2 aromatic heterocycles. The Labute approximate surface area is 308 Å². The van der Waals surface area contributed by atoms with Gasteiger partial charge in [0.2, 0.25) is 0 Å². The number of hydrogen-bond acceptors (Lipinski definition) is 0. The highest BCUT2D eigenvalue weighted by Gasteiger charge is 2.37. The summed E-state index contributed by atoms with van der Waals surface area (Å²) in [5.74, 6) is 0. The second-order valence-electron chi connectivity index (χ2n) is 14.9. The van der Waals surface area contributed by atoms with Gasteiger partial charge in [0.05, 0.1) is 22.1 Å². The summed E-state index contributed by atoms with van der Waals surface area (Å²) in [6, 6.07) is 67.0. The van der Waals surface area contributed by atoms with Crippen LogP contribution < -0.4 is 0 Å². The van der Waals surface area contributed by atoms with Crippen LogP contribution in [0.15, 0.2) is 182 Å². The largest absolute Gasteiger partial charge is 0.309 e. The molecule has 8 aromatic carbocycles. The van der Waals surface area contributed by atoms with Gasteiger partial charge in [-0.15, -0.1) is 0 Å². The molecule has 0 aliphatic heterocycles. The van der Waals surface area contributed by atoms with Crippen molar-refractivity contribution >= 4 is 43.6 Å². The number of rotatable bonds is 4. The van der Waals surface area contributed by atoms with E-state index in [0.717, 1.165) is 11.4 Å². The van der Waals surface area contributed by atoms with Crippen molar-refractivity contribution in [3.63, 3.8) is 0 Å². The Morgan fingerprint density at radius 2 is 1.00 bits per heavy atom. The molecule has 0 saturated carbocycles. The highest BCUT2D eigenvalue weighted by molar-refractivity contribution is 6.26. The Kier molecular flexibility index (Phi) is 6.33. The molecule has 2 nitrogen and oxygen atoms in total. The van der Waals surface area contributed by atoms with Crippen LogP contribution in [-0.4, -0.2) is 9.13 Å². The molecular formula is C51H36N2. The van der Waals surface area contributed by atoms with Gasteiger partial charge in [0.15, 0.2) is 0 Å². The average molecular weight is 677 g/mol. The Bertz CT molecular complexity index is 3060. The molecule has 2 heterocycles. The lowest BCUT2D eigenvalue weighted by atomic mass is 9.79. The molecule has 0 saturated heterocycles. The molecule has 53 heavy (non-hydrogen) atoms. The van der Waals surface area contributed by atoms with E-state index in [-0.39, 0.29) is 5.41 Å². The molecule has 0 fully saturated rings. The quantitative estimate of drug-likeness (QED) is 0.176. The smallest absolute Gasteiger partial charge is 0.0641 e. The van der Waals surface area contributed by atoms with E-state index in [1.54, 1.807) is 0 Å². The maximum atomic E-state index is 2.47. The zero-order valence-corrected chi connectivity index (χ0v) is 29.7. The van der Waals surface area contributed by atoms with Crippen molar-refractivity contribution < 1.29 is 0 Å². The lowest BCUT2D eigenvalue weighted by Crippen LogP contribution is -2.16. The van der Waals surface area contributed by atoms with Gasteiger partial charge in [0.25, 0.3) is 0 Å². The standard InChI is InChI=1S/C51H36N2/c1-51(2)44-23-9-6-18-39(44)41-22-13-21-38(49(41)51)35-16-12-17-37(32-35)52-46-25-11-8-20-43(46)48-47(52)31-30-42-40-19-7-10-24-45(40)53(50(42)48)36-28-26-34(27-29-36)33-14-4-3-5-15-33/h3-32H,1-2H3. The van der Waals surface area contributed by atoms with Crippen molar-refractivity contribution in [3.8, 4) is 44.8 Å². The normalized spacial score (nSPS) is 13.2. The third-order valence-corrected chi connectivity index (χ3v) is 11.7. The number of aromatic nitrogens is 2. The molecule has 0 radical (unpaired) electrons. The van der Waals surface area contributed by atoms with Gasteiger partial charge < -0.3 is 9.13 Å². The molecule has 0 amide bonds. The predicted molar refractivity (Wildman–Crippen MR) is 224 cm³/mol. The summed E-state index contributed by atoms with van der Waals surface area (Å²) >= 11 is 0. The number of para-hydroxylation sites is 2. The van der Waals surface area contributed by atoms with E-state index in [2.05, 4.69) is 205 Å². The molecule has 2 heteroatoms. The van der Waals surface area contributed by atoms with Crippen LogP contribution in [-0.2, 0) is 5.41 Å². The molecule has 0 spiro atoms. The fraction of sp³-hybridized carbons (Fsp3) is 0.0588. The third kappa shape index (κ3) is 4.27. The Morgan fingerprint density at radius 3 is 1.83 bits per heavy atom. The van der Waals surface area contributed by atoms with Crippen molar-refractivity contribution in [2.24, 2.45) is 0 Å². The molecule has 250 valence electrons. The van der Waals surface area contributed by atoms with Crippen molar-refractivity contribution in [3.05, 3.63) is 193 Å². The van der Waals surface area contributed by atoms with Crippen LogP contribution in [0, 0.1) is 0 Å². The van der Waals surface area contributed by atoms with Crippen LogP contribution in [0.1, 0.15) is 25.0 Å². The molecule has 0 N–H and O–H groups in total. The number of fused-ring (bicyclic) bond motifs is 10. The lowest BCUT2D eigenvalue weighted by Gasteiger charge is -2.24. The molecule has 10 aromatic rings. The summed E-state index contributed by atoms with van der Waals surface area (Å²) in [6.45, 7) is 4.75. The van der Waals surface area contributed by atoms with E-state index in [1.807, 2.05) is 0 Å². The summed E-state index contributed by atoms with van der Waals surface area (Å²) in [6.07, 6.45) is 0. The zero-order valence-electron chi connectivity index (χ0n) is 29.7. The van der Waals surface area contributed by atoms with Gasteiger partial charge in [-0.2, -0.15) is 0 Å². The van der Waals surface area contributed by atoms with Crippen molar-refractivity contribution in [1.29, 1.82) is 0 Å². The molecule has 0 atom stereocenters. The van der Waals surface area contributed by atoms with Gasteiger partial charge in [-0.1, -0.05) is 153 Å². The van der Waals surface area contributed by atoms with Gasteiger partial charge in [-0.3, -0.25) is 0 Å². The van der Waals surface area contributed by atoms with Gasteiger partial charge in [0.1, 0.15) is 0 Å². The van der Waals surface area contributed by atoms with Crippen LogP contribution in [0.4, 0.5) is 0 Å². The lowest BCUT2D eigenvalue weighted by molar-refractivity contribution is 0.662. The van der Waals surface area contributed by atoms with E-state index in [9.17, 15) is 0 Å². The zero-order chi connectivity index (χ0) is 35.3. The van der Waals surface area contributed by atoms with Crippen LogP contribution in [0.5, 0.6) is 0 Å². The minimum atomic E-state index is -0.0936. The van der Waals surface area contributed by atoms with E-state index in [0.29, 0.717) is 0 Å². The SMILES string of the molecule is CC1(C)c2ccccc2-c2cccc(-c3cccc(-n4c5ccccc5c5c4ccc4c6ccccc6n(-c6ccc(-c7ccccc7)cc6)c45)c3)c21. The first-order valence-corrected chi connectivity index (χ1v) is 18.5. The van der Waals surface area contributed by atoms with E-state index < -0.39 is 0 Å². The monoisotopic (exact) mass is 676 g/mol. The van der Waals surface area contributed by atoms with Gasteiger partial charge in [0, 0.05) is 38.3 Å². The predicted octanol–water partition coefficient (Wildman–Crippen LogP) is 13.5. The summed E-state index contributed by atoms with van der Waals surface area (Å²) < 4.78 is 4.94. The first-order valence-electron chi connectivity index (χ1n) is 18.5. The third-order valence-electron chi connectivity index (χ3n) is 11.7. The molecular weight excluding hydrogens is 641 g/mol. The highest BCUT2D eigenvalue weighted by Crippen LogP contribution is 2.52. The summed E-state index contributed by atoms with van der Waals surface area (Å²) in [4.78, 5) is 0. The number of nitrogens with zero attached hydrogens (tertiary/aromatic N) is 2. The fourth-order valence-corrected chi connectivity index (χ4v) is 9.39. The Hall–Kier alpha value is -6.64. The van der Waals surface area contributed by atoms with Crippen molar-refractivity contribution in [2.45, 2.75) is 19.3 Å². The summed E-state index contributed by atoms with van der Waals surface area (Å²) in [7, 11) is 0. The van der Waals surface area contributed by atoms with Crippen LogP contribution >= 0.6 is 0 Å². The summed E-state index contributed by atoms with van der Waals surface area (Å²) in [5, 5.41) is 5.04.